The zero-order valence-electron chi connectivity index (χ0n) is 23.5. The van der Waals surface area contributed by atoms with Gasteiger partial charge in [0.2, 0.25) is 0 Å². The Morgan fingerprint density at radius 2 is 1.79 bits per heavy atom. The van der Waals surface area contributed by atoms with E-state index in [9.17, 15) is 4.79 Å². The van der Waals surface area contributed by atoms with Gasteiger partial charge >= 0.3 is 6.09 Å². The number of hydrogen-bond donors (Lipinski definition) is 1. The fraction of sp³-hybridized carbons (Fsp3) is 0.724. The number of likely N-dealkylation sites (tertiary alicyclic amines) is 1. The minimum atomic E-state index is -0.488. The molecule has 1 spiro atoms. The molecule has 2 saturated heterocycles. The van der Waals surface area contributed by atoms with E-state index < -0.39 is 5.60 Å². The van der Waals surface area contributed by atoms with Crippen LogP contribution in [0.25, 0.3) is 11.5 Å². The summed E-state index contributed by atoms with van der Waals surface area (Å²) in [6, 6.07) is 4.28. The lowest BCUT2D eigenvalue weighted by Crippen LogP contribution is -2.41. The van der Waals surface area contributed by atoms with Crippen molar-refractivity contribution in [2.45, 2.75) is 103 Å². The normalized spacial score (nSPS) is 23.7. The zero-order valence-corrected chi connectivity index (χ0v) is 23.5. The molecule has 3 fully saturated rings. The molecular weight excluding hydrogens is 480 g/mol. The molecule has 1 amide bonds. The number of carbonyl (C=O) groups is 1. The van der Waals surface area contributed by atoms with Gasteiger partial charge in [0.1, 0.15) is 5.60 Å². The molecule has 1 saturated carbocycles. The van der Waals surface area contributed by atoms with Gasteiger partial charge in [-0.3, -0.25) is 4.98 Å². The quantitative estimate of drug-likeness (QED) is 0.533. The second-order valence-corrected chi connectivity index (χ2v) is 12.6. The van der Waals surface area contributed by atoms with Crippen molar-refractivity contribution in [3.63, 3.8) is 0 Å². The molecule has 2 aliphatic heterocycles. The van der Waals surface area contributed by atoms with Crippen molar-refractivity contribution >= 4 is 6.09 Å². The second-order valence-electron chi connectivity index (χ2n) is 12.6. The minimum absolute atomic E-state index is 0.166. The first-order chi connectivity index (χ1) is 18.2. The van der Waals surface area contributed by atoms with Crippen molar-refractivity contribution in [2.24, 2.45) is 5.41 Å². The first-order valence-corrected chi connectivity index (χ1v) is 14.5. The Balaban J connectivity index is 1.28. The molecular formula is C29H44N6O3. The summed E-state index contributed by atoms with van der Waals surface area (Å²) in [6.45, 7) is 7.99. The second kappa shape index (κ2) is 11.3. The molecule has 208 valence electrons. The fourth-order valence-electron chi connectivity index (χ4n) is 6.48. The van der Waals surface area contributed by atoms with Crippen LogP contribution in [0.1, 0.15) is 108 Å². The molecule has 1 unspecified atom stereocenters. The molecule has 2 aromatic rings. The van der Waals surface area contributed by atoms with Crippen molar-refractivity contribution in [2.75, 3.05) is 26.7 Å². The number of aromatic nitrogens is 3. The van der Waals surface area contributed by atoms with Gasteiger partial charge in [-0.05, 0) is 58.6 Å². The van der Waals surface area contributed by atoms with Crippen molar-refractivity contribution in [3.8, 4) is 11.5 Å². The Morgan fingerprint density at radius 3 is 2.47 bits per heavy atom. The third kappa shape index (κ3) is 6.20. The van der Waals surface area contributed by atoms with Crippen LogP contribution in [-0.4, -0.2) is 63.4 Å². The van der Waals surface area contributed by atoms with E-state index in [1.165, 1.54) is 51.4 Å². The maximum Gasteiger partial charge on any atom is 0.410 e. The van der Waals surface area contributed by atoms with Gasteiger partial charge in [-0.15, -0.1) is 0 Å². The largest absolute Gasteiger partial charge is 0.444 e. The van der Waals surface area contributed by atoms with Gasteiger partial charge in [-0.2, -0.15) is 4.98 Å². The number of hydrogen-bond acceptors (Lipinski definition) is 8. The van der Waals surface area contributed by atoms with Crippen molar-refractivity contribution in [3.05, 3.63) is 29.8 Å². The van der Waals surface area contributed by atoms with Crippen molar-refractivity contribution < 1.29 is 14.1 Å². The van der Waals surface area contributed by atoms with Crippen LogP contribution in [0, 0.1) is 5.41 Å². The predicted octanol–water partition coefficient (Wildman–Crippen LogP) is 5.86. The monoisotopic (exact) mass is 524 g/mol. The summed E-state index contributed by atoms with van der Waals surface area (Å²) in [5, 5.41) is 6.59. The van der Waals surface area contributed by atoms with Gasteiger partial charge in [-0.1, -0.05) is 43.7 Å². The van der Waals surface area contributed by atoms with Crippen LogP contribution < -0.4 is 5.43 Å². The molecule has 1 N–H and O–H groups in total. The molecule has 1 aliphatic carbocycles. The molecule has 0 radical (unpaired) electrons. The number of rotatable bonds is 3. The predicted molar refractivity (Wildman–Crippen MR) is 145 cm³/mol. The summed E-state index contributed by atoms with van der Waals surface area (Å²) in [7, 11) is 2.15. The maximum atomic E-state index is 12.4. The highest BCUT2D eigenvalue weighted by Crippen LogP contribution is 2.47. The number of nitrogens with zero attached hydrogens (tertiary/aromatic N) is 5. The van der Waals surface area contributed by atoms with Crippen LogP contribution in [0.4, 0.5) is 4.79 Å². The smallest absolute Gasteiger partial charge is 0.410 e. The van der Waals surface area contributed by atoms with Gasteiger partial charge in [0.15, 0.2) is 5.82 Å². The van der Waals surface area contributed by atoms with Gasteiger partial charge in [0.05, 0.1) is 11.7 Å². The summed E-state index contributed by atoms with van der Waals surface area (Å²) >= 11 is 0. The van der Waals surface area contributed by atoms with Gasteiger partial charge < -0.3 is 14.2 Å². The summed E-state index contributed by atoms with van der Waals surface area (Å²) in [6.07, 6.45) is 13.6. The highest BCUT2D eigenvalue weighted by Gasteiger charge is 2.46. The number of ether oxygens (including phenoxy) is 1. The zero-order chi connectivity index (χ0) is 26.8. The van der Waals surface area contributed by atoms with E-state index in [0.717, 1.165) is 30.6 Å². The van der Waals surface area contributed by atoms with Crippen LogP contribution >= 0.6 is 0 Å². The number of hydrazine groups is 1. The minimum Gasteiger partial charge on any atom is -0.444 e. The number of pyridine rings is 1. The summed E-state index contributed by atoms with van der Waals surface area (Å²) in [5.41, 5.74) is 5.40. The Morgan fingerprint density at radius 1 is 1.11 bits per heavy atom. The van der Waals surface area contributed by atoms with E-state index in [4.69, 9.17) is 19.2 Å². The highest BCUT2D eigenvalue weighted by atomic mass is 16.6. The number of carbonyl (C=O) groups excluding carboxylic acids is 1. The highest BCUT2D eigenvalue weighted by molar-refractivity contribution is 5.68. The SMILES string of the molecule is CN1CC2(CCCCCCCC2)C(c2cc(-c3nc(C4CCN(C(=O)OC(C)(C)C)CC4)no3)ccn2)N1. The molecule has 0 bridgehead atoms. The van der Waals surface area contributed by atoms with E-state index in [2.05, 4.69) is 28.7 Å². The molecule has 5 rings (SSSR count). The number of nitrogens with one attached hydrogen (secondary N) is 1. The van der Waals surface area contributed by atoms with Crippen LogP contribution in [0.3, 0.4) is 0 Å². The topological polar surface area (TPSA) is 96.6 Å². The Kier molecular flexibility index (Phi) is 8.05. The van der Waals surface area contributed by atoms with Crippen LogP contribution in [0.15, 0.2) is 22.9 Å². The standard InChI is InChI=1S/C29H44N6O3/c1-28(2,3)37-27(36)35-17-12-21(13-18-35)25-31-26(38-33-25)22-11-16-30-23(19-22)24-29(20-34(4)32-24)14-9-7-5-6-8-10-15-29/h11,16,19,21,24,32H,5-10,12-15,17-18,20H2,1-4H3. The van der Waals surface area contributed by atoms with E-state index in [-0.39, 0.29) is 23.5 Å². The molecule has 4 heterocycles. The molecule has 1 atom stereocenters. The summed E-state index contributed by atoms with van der Waals surface area (Å²) in [4.78, 5) is 23.8. The lowest BCUT2D eigenvalue weighted by atomic mass is 9.72. The molecule has 38 heavy (non-hydrogen) atoms. The molecule has 0 aromatic carbocycles. The number of piperidine rings is 1. The van der Waals surface area contributed by atoms with Crippen LogP contribution in [0.2, 0.25) is 0 Å². The Labute approximate surface area is 226 Å². The lowest BCUT2D eigenvalue weighted by molar-refractivity contribution is 0.0203. The average molecular weight is 525 g/mol. The lowest BCUT2D eigenvalue weighted by Gasteiger charge is -2.34. The first-order valence-electron chi connectivity index (χ1n) is 14.5. The Bertz CT molecular complexity index is 1080. The molecule has 9 nitrogen and oxygen atoms in total. The van der Waals surface area contributed by atoms with Crippen molar-refractivity contribution in [1.29, 1.82) is 0 Å². The van der Waals surface area contributed by atoms with E-state index in [0.29, 0.717) is 24.8 Å². The first kappa shape index (κ1) is 27.1. The summed E-state index contributed by atoms with van der Waals surface area (Å²) < 4.78 is 11.3. The average Bonchev–Trinajstić information content (AvgIpc) is 3.52. The third-order valence-corrected chi connectivity index (χ3v) is 8.39. The Hall–Kier alpha value is -2.52. The maximum absolute atomic E-state index is 12.4. The van der Waals surface area contributed by atoms with E-state index >= 15 is 0 Å². The fourth-order valence-corrected chi connectivity index (χ4v) is 6.48. The van der Waals surface area contributed by atoms with Crippen molar-refractivity contribution in [1.82, 2.24) is 30.5 Å². The van der Waals surface area contributed by atoms with Crippen LogP contribution in [0.5, 0.6) is 0 Å². The van der Waals surface area contributed by atoms with Gasteiger partial charge in [-0.25, -0.2) is 15.2 Å². The van der Waals surface area contributed by atoms with E-state index in [1.54, 1.807) is 4.90 Å². The van der Waals surface area contributed by atoms with Gasteiger partial charge in [0, 0.05) is 49.8 Å². The van der Waals surface area contributed by atoms with Crippen LogP contribution in [-0.2, 0) is 4.74 Å². The molecule has 3 aliphatic rings. The van der Waals surface area contributed by atoms with Gasteiger partial charge in [0.25, 0.3) is 5.89 Å². The van der Waals surface area contributed by atoms with E-state index in [1.807, 2.05) is 33.0 Å². The number of amides is 1. The molecule has 2 aromatic heterocycles. The summed E-state index contributed by atoms with van der Waals surface area (Å²) in [5.74, 6) is 1.42. The third-order valence-electron chi connectivity index (χ3n) is 8.39. The molecule has 9 heteroatoms.